The maximum absolute atomic E-state index is 13.0. The number of nitrogens with one attached hydrogen (secondary N) is 1. The number of anilines is 1. The molecule has 0 radical (unpaired) electrons. The molecule has 1 aliphatic heterocycles. The van der Waals surface area contributed by atoms with Crippen molar-refractivity contribution in [2.75, 3.05) is 18.2 Å². The van der Waals surface area contributed by atoms with E-state index in [4.69, 9.17) is 4.74 Å². The van der Waals surface area contributed by atoms with E-state index in [1.165, 1.54) is 11.8 Å². The maximum Gasteiger partial charge on any atom is 0.235 e. The van der Waals surface area contributed by atoms with Crippen molar-refractivity contribution in [3.8, 4) is 6.07 Å². The second-order valence-corrected chi connectivity index (χ2v) is 13.1. The van der Waals surface area contributed by atoms with Crippen LogP contribution in [0.4, 0.5) is 5.69 Å². The van der Waals surface area contributed by atoms with Crippen molar-refractivity contribution in [3.63, 3.8) is 0 Å². The van der Waals surface area contributed by atoms with Crippen molar-refractivity contribution in [1.82, 2.24) is 0 Å². The Balaban J connectivity index is 0.00000400. The van der Waals surface area contributed by atoms with Gasteiger partial charge in [0.05, 0.1) is 28.4 Å². The van der Waals surface area contributed by atoms with Gasteiger partial charge >= 0.3 is 0 Å². The van der Waals surface area contributed by atoms with Crippen molar-refractivity contribution in [2.24, 2.45) is 0 Å². The zero-order chi connectivity index (χ0) is 26.8. The van der Waals surface area contributed by atoms with Crippen LogP contribution in [0.15, 0.2) is 77.6 Å². The third kappa shape index (κ3) is 5.21. The quantitative estimate of drug-likeness (QED) is 0.461. The molecule has 196 valence electrons. The molecule has 1 atom stereocenters. The van der Waals surface area contributed by atoms with E-state index >= 15 is 0 Å². The molecule has 0 fully saturated rings. The number of allylic oxidation sites excluding steroid dienone is 6. The average Bonchev–Trinajstić information content (AvgIpc) is 2.95. The highest BCUT2D eigenvalue weighted by atomic mass is 32.2. The number of hydrogen-bond acceptors (Lipinski definition) is 5. The molecule has 37 heavy (non-hydrogen) atoms. The number of rotatable bonds is 6. The Kier molecular flexibility index (Phi) is 7.34. The minimum Gasteiger partial charge on any atom is -0.493 e. The summed E-state index contributed by atoms with van der Waals surface area (Å²) in [5, 5.41) is 12.3. The molecule has 0 aromatic heterocycles. The Morgan fingerprint density at radius 2 is 2.03 bits per heavy atom. The van der Waals surface area contributed by atoms with Crippen LogP contribution in [0.2, 0.25) is 0 Å². The summed E-state index contributed by atoms with van der Waals surface area (Å²) in [7, 11) is -3.32. The molecule has 1 aromatic rings. The van der Waals surface area contributed by atoms with Gasteiger partial charge in [-0.1, -0.05) is 30.4 Å². The monoisotopic (exact) mass is 520 g/mol. The zero-order valence-electron chi connectivity index (χ0n) is 21.8. The van der Waals surface area contributed by atoms with Crippen molar-refractivity contribution >= 4 is 21.4 Å². The predicted octanol–water partition coefficient (Wildman–Crippen LogP) is 6.05. The Hall–Kier alpha value is -3.37. The molecular weight excluding hydrogens is 484 g/mol. The van der Waals surface area contributed by atoms with E-state index in [2.05, 4.69) is 24.0 Å². The summed E-state index contributed by atoms with van der Waals surface area (Å²) in [4.78, 5) is 13.0. The first kappa shape index (κ1) is 26.7. The second kappa shape index (κ2) is 10.2. The van der Waals surface area contributed by atoms with E-state index in [0.29, 0.717) is 35.5 Å². The molecule has 1 unspecified atom stereocenters. The third-order valence-electron chi connectivity index (χ3n) is 7.93. The molecule has 0 saturated heterocycles. The lowest BCUT2D eigenvalue weighted by atomic mass is 9.72. The molecule has 1 spiro atoms. The minimum absolute atomic E-state index is 0. The number of fused-ring (bicyclic) bond motifs is 2. The van der Waals surface area contributed by atoms with Gasteiger partial charge in [0.1, 0.15) is 5.76 Å². The van der Waals surface area contributed by atoms with Gasteiger partial charge < -0.3 is 10.1 Å². The normalized spacial score (nSPS) is 23.5. The molecule has 0 saturated carbocycles. The topological polar surface area (TPSA) is 96.3 Å². The smallest absolute Gasteiger partial charge is 0.235 e. The highest BCUT2D eigenvalue weighted by Crippen LogP contribution is 2.46. The van der Waals surface area contributed by atoms with Gasteiger partial charge in [-0.2, -0.15) is 5.26 Å². The van der Waals surface area contributed by atoms with Crippen LogP contribution in [0.3, 0.4) is 0 Å². The van der Waals surface area contributed by atoms with Crippen LogP contribution in [0.5, 0.6) is 0 Å². The first-order chi connectivity index (χ1) is 17.5. The van der Waals surface area contributed by atoms with Gasteiger partial charge in [0.2, 0.25) is 5.91 Å². The number of sulfone groups is 1. The van der Waals surface area contributed by atoms with Gasteiger partial charge in [-0.05, 0) is 93.0 Å². The van der Waals surface area contributed by atoms with Gasteiger partial charge in [-0.3, -0.25) is 4.79 Å². The first-order valence-electron chi connectivity index (χ1n) is 12.6. The summed E-state index contributed by atoms with van der Waals surface area (Å²) in [5.41, 5.74) is 4.42. The predicted molar refractivity (Wildman–Crippen MR) is 149 cm³/mol. The maximum atomic E-state index is 13.0. The fraction of sp³-hybridized carbons (Fsp3) is 0.400. The second-order valence-electron chi connectivity index (χ2n) is 10.6. The lowest BCUT2D eigenvalue weighted by molar-refractivity contribution is -0.121. The summed E-state index contributed by atoms with van der Waals surface area (Å²) in [6.45, 7) is 7.92. The molecule has 3 aliphatic rings. The van der Waals surface area contributed by atoms with Crippen LogP contribution < -0.4 is 5.32 Å². The van der Waals surface area contributed by atoms with Gasteiger partial charge in [-0.15, -0.1) is 0 Å². The fourth-order valence-electron chi connectivity index (χ4n) is 5.36. The largest absolute Gasteiger partial charge is 0.493 e. The Bertz CT molecular complexity index is 1410. The summed E-state index contributed by atoms with van der Waals surface area (Å²) < 4.78 is 29.5. The number of nitriles is 1. The molecule has 6 nitrogen and oxygen atoms in total. The molecule has 1 N–H and O–H groups in total. The van der Waals surface area contributed by atoms with E-state index in [9.17, 15) is 18.5 Å². The van der Waals surface area contributed by atoms with Gasteiger partial charge in [0.15, 0.2) is 9.84 Å². The van der Waals surface area contributed by atoms with E-state index in [1.54, 1.807) is 38.1 Å². The minimum atomic E-state index is -3.32. The molecule has 1 amide bonds. The molecule has 7 heteroatoms. The van der Waals surface area contributed by atoms with Crippen molar-refractivity contribution in [1.29, 1.82) is 5.26 Å². The van der Waals surface area contributed by atoms with Crippen LogP contribution in [-0.4, -0.2) is 31.9 Å². The molecule has 0 bridgehead atoms. The SMILES string of the molecule is C=C1C=CC(OCC/C2=C\CCC3(CCC2)C(=O)Nc2ccc(C#N)cc23)=CC=C1C(C)(C)S(C)(=O)=O.[HH]. The summed E-state index contributed by atoms with van der Waals surface area (Å²) in [6, 6.07) is 7.64. The standard InChI is InChI=1S/C30H34N2O4S.H2/c1-21-9-11-24(12-13-25(21)29(2,3)37(4,34)35)36-18-15-22-7-5-16-30(17-6-8-22)26-19-23(20-31)10-14-27(26)32-28(30)33;/h7,9-14,19H,1,5-6,8,15-18H2,2-4H3,(H,32,33);1H/b22-7-;. The molecule has 2 aliphatic carbocycles. The van der Waals surface area contributed by atoms with Crippen molar-refractivity contribution < 1.29 is 19.4 Å². The molecule has 1 aromatic carbocycles. The summed E-state index contributed by atoms with van der Waals surface area (Å²) >= 11 is 0. The number of carbonyl (C=O) groups excluding carboxylic acids is 1. The van der Waals surface area contributed by atoms with Crippen molar-refractivity contribution in [3.05, 3.63) is 88.8 Å². The molecule has 4 rings (SSSR count). The number of ether oxygens (including phenoxy) is 1. The van der Waals surface area contributed by atoms with Gasteiger partial charge in [-0.25, -0.2) is 8.42 Å². The lowest BCUT2D eigenvalue weighted by Gasteiger charge is -2.29. The van der Waals surface area contributed by atoms with E-state index in [0.717, 1.165) is 43.4 Å². The molecule has 1 heterocycles. The van der Waals surface area contributed by atoms with E-state index in [-0.39, 0.29) is 7.33 Å². The highest BCUT2D eigenvalue weighted by Gasteiger charge is 2.46. The average molecular weight is 521 g/mol. The van der Waals surface area contributed by atoms with Gasteiger partial charge in [0, 0.05) is 19.8 Å². The van der Waals surface area contributed by atoms with Gasteiger partial charge in [0.25, 0.3) is 0 Å². The van der Waals surface area contributed by atoms with Crippen LogP contribution in [0, 0.1) is 11.3 Å². The van der Waals surface area contributed by atoms with Crippen LogP contribution in [0.1, 0.15) is 64.9 Å². The summed E-state index contributed by atoms with van der Waals surface area (Å²) in [5.74, 6) is 0.705. The number of hydrogen-bond donors (Lipinski definition) is 1. The van der Waals surface area contributed by atoms with Crippen LogP contribution in [-0.2, 0) is 24.8 Å². The van der Waals surface area contributed by atoms with Crippen LogP contribution >= 0.6 is 0 Å². The number of nitrogens with zero attached hydrogens (tertiary/aromatic N) is 1. The summed E-state index contributed by atoms with van der Waals surface area (Å²) in [6.07, 6.45) is 15.5. The Labute approximate surface area is 221 Å². The Morgan fingerprint density at radius 3 is 2.76 bits per heavy atom. The third-order valence-corrected chi connectivity index (χ3v) is 10.0. The molecular formula is C30H36N2O4S. The zero-order valence-corrected chi connectivity index (χ0v) is 22.6. The number of amides is 1. The Morgan fingerprint density at radius 1 is 1.24 bits per heavy atom. The fourth-order valence-corrected chi connectivity index (χ4v) is 5.96. The lowest BCUT2D eigenvalue weighted by Crippen LogP contribution is -2.35. The first-order valence-corrected chi connectivity index (χ1v) is 14.5. The van der Waals surface area contributed by atoms with E-state index < -0.39 is 20.0 Å². The van der Waals surface area contributed by atoms with E-state index in [1.807, 2.05) is 18.2 Å². The number of carbonyl (C=O) groups is 1. The van der Waals surface area contributed by atoms with Crippen molar-refractivity contribution in [2.45, 2.75) is 62.5 Å². The van der Waals surface area contributed by atoms with Crippen LogP contribution in [0.25, 0.3) is 0 Å². The highest BCUT2D eigenvalue weighted by molar-refractivity contribution is 7.92. The number of benzene rings is 1.